The van der Waals surface area contributed by atoms with Crippen molar-refractivity contribution in [1.29, 1.82) is 0 Å². The van der Waals surface area contributed by atoms with Gasteiger partial charge in [-0.2, -0.15) is 0 Å². The molecule has 0 aliphatic carbocycles. The number of sulfonamides is 1. The topological polar surface area (TPSA) is 83.7 Å². The Morgan fingerprint density at radius 3 is 2.42 bits per heavy atom. The molecule has 1 heterocycles. The number of carbonyl (C=O) groups excluding carboxylic acids is 1. The van der Waals surface area contributed by atoms with E-state index in [1.807, 2.05) is 12.1 Å². The van der Waals surface area contributed by atoms with Gasteiger partial charge in [0.05, 0.1) is 11.3 Å². The maximum Gasteiger partial charge on any atom is 0.242 e. The van der Waals surface area contributed by atoms with Crippen molar-refractivity contribution in [3.8, 4) is 0 Å². The van der Waals surface area contributed by atoms with Crippen LogP contribution in [0.4, 0.5) is 11.4 Å². The lowest BCUT2D eigenvalue weighted by molar-refractivity contribution is -0.117. The molecule has 0 bridgehead atoms. The average Bonchev–Trinajstić information content (AvgIpc) is 3.00. The Morgan fingerprint density at radius 1 is 1.15 bits per heavy atom. The van der Waals surface area contributed by atoms with Crippen molar-refractivity contribution in [1.82, 2.24) is 4.31 Å². The molecule has 0 atom stereocenters. The first-order valence-electron chi connectivity index (χ1n) is 7.99. The number of rotatable bonds is 4. The quantitative estimate of drug-likeness (QED) is 0.803. The molecule has 8 heteroatoms. The van der Waals surface area contributed by atoms with Gasteiger partial charge in [0.1, 0.15) is 0 Å². The molecule has 0 unspecified atom stereocenters. The van der Waals surface area contributed by atoms with Crippen LogP contribution in [0.3, 0.4) is 0 Å². The van der Waals surface area contributed by atoms with Crippen molar-refractivity contribution in [2.75, 3.05) is 31.3 Å². The summed E-state index contributed by atoms with van der Waals surface area (Å²) in [5.74, 6) is -0.0528. The third kappa shape index (κ3) is 3.85. The Balaban J connectivity index is 0.00000243. The second-order valence-corrected chi connectivity index (χ2v) is 8.44. The number of fused-ring (bicyclic) bond motifs is 1. The predicted octanol–water partition coefficient (Wildman–Crippen LogP) is 2.07. The average molecular weight is 396 g/mol. The number of halogens is 1. The number of hydrogen-bond acceptors (Lipinski definition) is 4. The van der Waals surface area contributed by atoms with Crippen LogP contribution in [0.2, 0.25) is 0 Å². The summed E-state index contributed by atoms with van der Waals surface area (Å²) < 4.78 is 25.9. The molecular formula is C18H22ClN3O3S. The summed E-state index contributed by atoms with van der Waals surface area (Å²) >= 11 is 0. The van der Waals surface area contributed by atoms with Crippen molar-refractivity contribution < 1.29 is 13.2 Å². The molecule has 0 fully saturated rings. The maximum absolute atomic E-state index is 12.7. The highest BCUT2D eigenvalue weighted by atomic mass is 35.5. The van der Waals surface area contributed by atoms with E-state index >= 15 is 0 Å². The SMILES string of the molecule is CN(C)S(=O)(=O)c1ccc2c(c1)N(C(=O)Cc1ccc(N)cc1)CC2.Cl. The zero-order valence-electron chi connectivity index (χ0n) is 14.7. The van der Waals surface area contributed by atoms with Crippen molar-refractivity contribution in [3.63, 3.8) is 0 Å². The summed E-state index contributed by atoms with van der Waals surface area (Å²) in [5, 5.41) is 0. The number of nitrogens with zero attached hydrogens (tertiary/aromatic N) is 2. The number of hydrogen-bond donors (Lipinski definition) is 1. The molecule has 140 valence electrons. The lowest BCUT2D eigenvalue weighted by Gasteiger charge is -2.19. The predicted molar refractivity (Wildman–Crippen MR) is 105 cm³/mol. The molecule has 0 saturated carbocycles. The molecule has 0 radical (unpaired) electrons. The van der Waals surface area contributed by atoms with Crippen LogP contribution < -0.4 is 10.6 Å². The van der Waals surface area contributed by atoms with E-state index in [2.05, 4.69) is 0 Å². The van der Waals surface area contributed by atoms with E-state index in [4.69, 9.17) is 5.73 Å². The molecule has 1 amide bonds. The van der Waals surface area contributed by atoms with Crippen LogP contribution in [0, 0.1) is 0 Å². The van der Waals surface area contributed by atoms with Crippen molar-refractivity contribution >= 4 is 39.7 Å². The van der Waals surface area contributed by atoms with Gasteiger partial charge < -0.3 is 10.6 Å². The van der Waals surface area contributed by atoms with Gasteiger partial charge in [-0.25, -0.2) is 12.7 Å². The van der Waals surface area contributed by atoms with Crippen molar-refractivity contribution in [3.05, 3.63) is 53.6 Å². The van der Waals surface area contributed by atoms with Crippen LogP contribution in [-0.2, 0) is 27.7 Å². The second-order valence-electron chi connectivity index (χ2n) is 6.29. The Labute approximate surface area is 160 Å². The van der Waals surface area contributed by atoms with Gasteiger partial charge in [-0.15, -0.1) is 12.4 Å². The standard InChI is InChI=1S/C18H21N3O3S.ClH/c1-20(2)25(23,24)16-8-5-14-9-10-21(17(14)12-16)18(22)11-13-3-6-15(19)7-4-13;/h3-8,12H,9-11,19H2,1-2H3;1H. The minimum Gasteiger partial charge on any atom is -0.399 e. The summed E-state index contributed by atoms with van der Waals surface area (Å²) in [5.41, 5.74) is 8.87. The molecular weight excluding hydrogens is 374 g/mol. The molecule has 3 rings (SSSR count). The fourth-order valence-electron chi connectivity index (χ4n) is 2.89. The highest BCUT2D eigenvalue weighted by Crippen LogP contribution is 2.31. The van der Waals surface area contributed by atoms with Crippen molar-refractivity contribution in [2.24, 2.45) is 0 Å². The molecule has 2 aromatic carbocycles. The van der Waals surface area contributed by atoms with E-state index < -0.39 is 10.0 Å². The van der Waals surface area contributed by atoms with E-state index in [1.54, 1.807) is 35.2 Å². The Hall–Kier alpha value is -2.09. The smallest absolute Gasteiger partial charge is 0.242 e. The molecule has 6 nitrogen and oxygen atoms in total. The fourth-order valence-corrected chi connectivity index (χ4v) is 3.82. The van der Waals surface area contributed by atoms with Crippen LogP contribution in [0.5, 0.6) is 0 Å². The molecule has 0 aromatic heterocycles. The molecule has 26 heavy (non-hydrogen) atoms. The van der Waals surface area contributed by atoms with Crippen LogP contribution in [0.25, 0.3) is 0 Å². The Bertz CT molecular complexity index is 912. The summed E-state index contributed by atoms with van der Waals surface area (Å²) in [6.07, 6.45) is 0.982. The molecule has 2 aromatic rings. The highest BCUT2D eigenvalue weighted by Gasteiger charge is 2.27. The van der Waals surface area contributed by atoms with Gasteiger partial charge in [0.2, 0.25) is 15.9 Å². The molecule has 2 N–H and O–H groups in total. The van der Waals surface area contributed by atoms with E-state index in [0.717, 1.165) is 17.5 Å². The number of nitrogens with two attached hydrogens (primary N) is 1. The number of amides is 1. The Kier molecular flexibility index (Phi) is 5.95. The largest absolute Gasteiger partial charge is 0.399 e. The first-order chi connectivity index (χ1) is 11.8. The monoisotopic (exact) mass is 395 g/mol. The molecule has 1 aliphatic heterocycles. The lowest BCUT2D eigenvalue weighted by atomic mass is 10.1. The summed E-state index contributed by atoms with van der Waals surface area (Å²) in [6, 6.07) is 12.2. The normalized spacial score (nSPS) is 13.4. The minimum atomic E-state index is -3.53. The summed E-state index contributed by atoms with van der Waals surface area (Å²) in [4.78, 5) is 14.6. The number of anilines is 2. The zero-order chi connectivity index (χ0) is 18.2. The molecule has 0 saturated heterocycles. The molecule has 0 spiro atoms. The second kappa shape index (κ2) is 7.65. The zero-order valence-corrected chi connectivity index (χ0v) is 16.3. The number of carbonyl (C=O) groups is 1. The van der Waals surface area contributed by atoms with Crippen molar-refractivity contribution in [2.45, 2.75) is 17.7 Å². The van der Waals surface area contributed by atoms with Crippen LogP contribution >= 0.6 is 12.4 Å². The summed E-state index contributed by atoms with van der Waals surface area (Å²) in [7, 11) is -0.544. The van der Waals surface area contributed by atoms with E-state index in [0.29, 0.717) is 17.9 Å². The third-order valence-corrected chi connectivity index (χ3v) is 6.18. The summed E-state index contributed by atoms with van der Waals surface area (Å²) in [6.45, 7) is 0.564. The number of nitrogen functional groups attached to an aromatic ring is 1. The van der Waals surface area contributed by atoms with E-state index in [9.17, 15) is 13.2 Å². The van der Waals surface area contributed by atoms with Crippen LogP contribution in [0.15, 0.2) is 47.4 Å². The number of benzene rings is 2. The van der Waals surface area contributed by atoms with Crippen LogP contribution in [0.1, 0.15) is 11.1 Å². The van der Waals surface area contributed by atoms with Crippen LogP contribution in [-0.4, -0.2) is 39.3 Å². The lowest BCUT2D eigenvalue weighted by Crippen LogP contribution is -2.30. The molecule has 1 aliphatic rings. The van der Waals surface area contributed by atoms with Gasteiger partial charge in [0.25, 0.3) is 0 Å². The minimum absolute atomic E-state index is 0. The maximum atomic E-state index is 12.7. The van der Waals surface area contributed by atoms with Gasteiger partial charge >= 0.3 is 0 Å². The highest BCUT2D eigenvalue weighted by molar-refractivity contribution is 7.89. The Morgan fingerprint density at radius 2 is 1.81 bits per heavy atom. The fraction of sp³-hybridized carbons (Fsp3) is 0.278. The first-order valence-corrected chi connectivity index (χ1v) is 9.43. The van der Waals surface area contributed by atoms with Gasteiger partial charge in [0.15, 0.2) is 0 Å². The van der Waals surface area contributed by atoms with E-state index in [1.165, 1.54) is 18.4 Å². The van der Waals surface area contributed by atoms with Gasteiger partial charge in [-0.1, -0.05) is 18.2 Å². The van der Waals surface area contributed by atoms with E-state index in [-0.39, 0.29) is 29.6 Å². The first kappa shape index (κ1) is 20.2. The van der Waals surface area contributed by atoms with Gasteiger partial charge in [-0.3, -0.25) is 4.79 Å². The third-order valence-electron chi connectivity index (χ3n) is 4.37. The van der Waals surface area contributed by atoms with Gasteiger partial charge in [0, 0.05) is 32.0 Å². The van der Waals surface area contributed by atoms with Gasteiger partial charge in [-0.05, 0) is 41.8 Å².